The average molecular weight is 690 g/mol. The van der Waals surface area contributed by atoms with Crippen LogP contribution in [-0.2, 0) is 9.59 Å². The van der Waals surface area contributed by atoms with Crippen LogP contribution in [0.5, 0.6) is 0 Å². The van der Waals surface area contributed by atoms with E-state index in [1.807, 2.05) is 82.3 Å². The van der Waals surface area contributed by atoms with Crippen molar-refractivity contribution in [3.8, 4) is 0 Å². The van der Waals surface area contributed by atoms with Crippen LogP contribution < -0.4 is 14.7 Å². The predicted octanol–water partition coefficient (Wildman–Crippen LogP) is 9.92. The molecular weight excluding hydrogens is 662 g/mol. The fraction of sp³-hybridized carbons (Fsp3) is 0.194. The lowest BCUT2D eigenvalue weighted by atomic mass is 9.74. The van der Waals surface area contributed by atoms with E-state index in [2.05, 4.69) is 4.90 Å². The summed E-state index contributed by atoms with van der Waals surface area (Å²) in [5.74, 6) is -0.114. The van der Waals surface area contributed by atoms with E-state index >= 15 is 0 Å². The summed E-state index contributed by atoms with van der Waals surface area (Å²) >= 11 is 25.3. The summed E-state index contributed by atoms with van der Waals surface area (Å²) in [4.78, 5) is 38.6. The van der Waals surface area contributed by atoms with E-state index in [0.717, 1.165) is 16.9 Å². The first-order chi connectivity index (χ1) is 21.8. The Morgan fingerprint density at radius 2 is 1.15 bits per heavy atom. The zero-order valence-corrected chi connectivity index (χ0v) is 28.4. The number of amides is 2. The van der Waals surface area contributed by atoms with Gasteiger partial charge in [0.25, 0.3) is 0 Å². The lowest BCUT2D eigenvalue weighted by Gasteiger charge is -2.58. The monoisotopic (exact) mass is 688 g/mol. The van der Waals surface area contributed by atoms with E-state index in [1.165, 1.54) is 0 Å². The summed E-state index contributed by atoms with van der Waals surface area (Å²) in [7, 11) is 0. The minimum atomic E-state index is -0.900. The van der Waals surface area contributed by atoms with E-state index in [0.29, 0.717) is 48.6 Å². The van der Waals surface area contributed by atoms with Crippen molar-refractivity contribution in [1.29, 1.82) is 0 Å². The number of hydrogen-bond donors (Lipinski definition) is 0. The van der Waals surface area contributed by atoms with Crippen molar-refractivity contribution >= 4 is 86.7 Å². The number of β-lactam (4-membered cyclic amide) rings is 2. The van der Waals surface area contributed by atoms with E-state index < -0.39 is 17.0 Å². The zero-order chi connectivity index (χ0) is 32.7. The third kappa shape index (κ3) is 4.65. The molecular formula is C36H28Cl4N4O2. The molecule has 0 saturated carbocycles. The predicted molar refractivity (Wildman–Crippen MR) is 188 cm³/mol. The van der Waals surface area contributed by atoms with Crippen LogP contribution >= 0.6 is 46.4 Å². The first-order valence-corrected chi connectivity index (χ1v) is 16.2. The molecule has 232 valence electrons. The maximum Gasteiger partial charge on any atom is 0.243 e. The maximum absolute atomic E-state index is 13.9. The second-order valence-electron chi connectivity index (χ2n) is 12.7. The van der Waals surface area contributed by atoms with Gasteiger partial charge in [0, 0.05) is 37.0 Å². The van der Waals surface area contributed by atoms with Gasteiger partial charge in [0.1, 0.15) is 6.17 Å². The number of nitrogens with zero attached hydrogens (tertiary/aromatic N) is 4. The van der Waals surface area contributed by atoms with Gasteiger partial charge in [-0.3, -0.25) is 19.4 Å². The molecule has 0 aromatic heterocycles. The Morgan fingerprint density at radius 3 is 1.74 bits per heavy atom. The quantitative estimate of drug-likeness (QED) is 0.201. The number of hydrogen-bond acceptors (Lipinski definition) is 4. The first-order valence-electron chi connectivity index (χ1n) is 14.7. The van der Waals surface area contributed by atoms with Crippen LogP contribution in [-0.4, -0.2) is 23.7 Å². The van der Waals surface area contributed by atoms with Crippen LogP contribution in [0.3, 0.4) is 0 Å². The average Bonchev–Trinajstić information content (AvgIpc) is 3.31. The molecule has 3 aliphatic heterocycles. The van der Waals surface area contributed by atoms with Crippen LogP contribution in [0.4, 0.5) is 22.7 Å². The molecule has 3 heterocycles. The van der Waals surface area contributed by atoms with Crippen molar-refractivity contribution in [3.05, 3.63) is 128 Å². The molecule has 0 bridgehead atoms. The van der Waals surface area contributed by atoms with Gasteiger partial charge in [0.2, 0.25) is 11.8 Å². The Bertz CT molecular complexity index is 1980. The first kappa shape index (κ1) is 30.8. The summed E-state index contributed by atoms with van der Waals surface area (Å²) in [6, 6.07) is 27.3. The lowest BCUT2D eigenvalue weighted by Crippen LogP contribution is -2.73. The Balaban J connectivity index is 1.54. The van der Waals surface area contributed by atoms with Gasteiger partial charge in [0.05, 0.1) is 39.3 Å². The topological polar surface area (TPSA) is 56.2 Å². The number of halogens is 4. The number of carbonyl (C=O) groups excluding carboxylic acids is 2. The molecule has 4 aromatic carbocycles. The number of benzene rings is 4. The van der Waals surface area contributed by atoms with E-state index in [-0.39, 0.29) is 11.8 Å². The van der Waals surface area contributed by atoms with Gasteiger partial charge in [-0.2, -0.15) is 0 Å². The Kier molecular flexibility index (Phi) is 7.29. The van der Waals surface area contributed by atoms with Gasteiger partial charge >= 0.3 is 0 Å². The van der Waals surface area contributed by atoms with Gasteiger partial charge in [-0.1, -0.05) is 46.4 Å². The molecule has 2 fully saturated rings. The third-order valence-corrected chi connectivity index (χ3v) is 9.87. The molecule has 2 saturated heterocycles. The van der Waals surface area contributed by atoms with Gasteiger partial charge in [-0.15, -0.1) is 0 Å². The molecule has 3 aliphatic rings. The fourth-order valence-corrected chi connectivity index (χ4v) is 7.09. The van der Waals surface area contributed by atoms with E-state index in [9.17, 15) is 9.59 Å². The second kappa shape index (κ2) is 10.9. The highest BCUT2D eigenvalue weighted by atomic mass is 35.5. The molecule has 1 unspecified atom stereocenters. The SMILES string of the molecule is CC1(C)C(=O)N(c2ccc(Cl)cc2)/C1=C1/C(=Nc2ccc(Cl)cc2)c2cc(Cl)ccc2N1C1N(c2ccc(Cl)cc2)C(=O)C1(C)C. The Morgan fingerprint density at radius 1 is 0.630 bits per heavy atom. The molecule has 0 spiro atoms. The molecule has 0 aliphatic carbocycles. The maximum atomic E-state index is 13.9. The van der Waals surface area contributed by atoms with Gasteiger partial charge in [-0.25, -0.2) is 4.99 Å². The standard InChI is InChI=1S/C36H28Cl4N4O2/c1-35(2)31(42(33(35)45)25-14-7-21(38)8-15-25)30-29(41-24-12-5-20(37)6-13-24)27-19-23(40)11-18-28(27)44(30)32-36(3,4)34(46)43(32)26-16-9-22(39)10-17-26/h5-19,32H,1-4H3/b31-30-,41-29?. The number of rotatable bonds is 4. The molecule has 4 aromatic rings. The molecule has 2 amide bonds. The Hall–Kier alpha value is -3.81. The highest BCUT2D eigenvalue weighted by molar-refractivity contribution is 6.34. The van der Waals surface area contributed by atoms with Crippen molar-refractivity contribution < 1.29 is 9.59 Å². The van der Waals surface area contributed by atoms with Crippen molar-refractivity contribution in [2.24, 2.45) is 15.8 Å². The number of fused-ring (bicyclic) bond motifs is 1. The minimum absolute atomic E-state index is 0.0405. The van der Waals surface area contributed by atoms with Crippen molar-refractivity contribution in [2.45, 2.75) is 33.9 Å². The second-order valence-corrected chi connectivity index (χ2v) is 14.4. The highest BCUT2D eigenvalue weighted by Gasteiger charge is 2.62. The van der Waals surface area contributed by atoms with Crippen LogP contribution in [0.2, 0.25) is 20.1 Å². The van der Waals surface area contributed by atoms with Gasteiger partial charge in [-0.05, 0) is 119 Å². The van der Waals surface area contributed by atoms with Gasteiger partial charge < -0.3 is 4.90 Å². The summed E-state index contributed by atoms with van der Waals surface area (Å²) < 4.78 is 0. The molecule has 46 heavy (non-hydrogen) atoms. The smallest absolute Gasteiger partial charge is 0.243 e. The summed E-state index contributed by atoms with van der Waals surface area (Å²) in [6.45, 7) is 7.69. The van der Waals surface area contributed by atoms with E-state index in [1.54, 1.807) is 46.2 Å². The lowest BCUT2D eigenvalue weighted by molar-refractivity contribution is -0.137. The zero-order valence-electron chi connectivity index (χ0n) is 25.4. The van der Waals surface area contributed by atoms with Gasteiger partial charge in [0.15, 0.2) is 0 Å². The van der Waals surface area contributed by atoms with Crippen LogP contribution in [0, 0.1) is 10.8 Å². The molecule has 0 N–H and O–H groups in total. The number of allylic oxidation sites excluding steroid dienone is 1. The highest BCUT2D eigenvalue weighted by Crippen LogP contribution is 2.55. The molecule has 0 radical (unpaired) electrons. The largest absolute Gasteiger partial charge is 0.315 e. The van der Waals surface area contributed by atoms with Crippen molar-refractivity contribution in [2.75, 3.05) is 14.7 Å². The molecule has 7 rings (SSSR count). The number of aliphatic imine (C=N–C) groups is 1. The van der Waals surface area contributed by atoms with Crippen LogP contribution in [0.25, 0.3) is 0 Å². The van der Waals surface area contributed by atoms with E-state index in [4.69, 9.17) is 51.4 Å². The number of carbonyl (C=O) groups is 2. The molecule has 1 atom stereocenters. The number of anilines is 3. The van der Waals surface area contributed by atoms with Crippen LogP contribution in [0.1, 0.15) is 33.3 Å². The normalized spacial score (nSPS) is 22.2. The Labute approximate surface area is 287 Å². The summed E-state index contributed by atoms with van der Waals surface area (Å²) in [5, 5.41) is 2.26. The minimum Gasteiger partial charge on any atom is -0.315 e. The summed E-state index contributed by atoms with van der Waals surface area (Å²) in [6.07, 6.45) is -0.486. The fourth-order valence-electron chi connectivity index (χ4n) is 6.54. The summed E-state index contributed by atoms with van der Waals surface area (Å²) in [5.41, 5.74) is 4.00. The molecule has 10 heteroatoms. The molecule has 6 nitrogen and oxygen atoms in total. The van der Waals surface area contributed by atoms with Crippen molar-refractivity contribution in [1.82, 2.24) is 0 Å². The van der Waals surface area contributed by atoms with Crippen molar-refractivity contribution in [3.63, 3.8) is 0 Å². The third-order valence-electron chi connectivity index (χ3n) is 8.88. The van der Waals surface area contributed by atoms with Crippen LogP contribution in [0.15, 0.2) is 107 Å².